The fourth-order valence-corrected chi connectivity index (χ4v) is 2.24. The van der Waals surface area contributed by atoms with Crippen molar-refractivity contribution in [1.29, 1.82) is 0 Å². The SMILES string of the molecule is O=C(CCNC1CC1)Cc1cc(F)cc(Br)c1. The zero-order valence-electron chi connectivity index (χ0n) is 9.51. The van der Waals surface area contributed by atoms with Gasteiger partial charge in [-0.2, -0.15) is 0 Å². The van der Waals surface area contributed by atoms with E-state index in [4.69, 9.17) is 0 Å². The largest absolute Gasteiger partial charge is 0.314 e. The molecule has 0 atom stereocenters. The molecule has 1 aliphatic carbocycles. The maximum atomic E-state index is 13.1. The van der Waals surface area contributed by atoms with Crippen LogP contribution < -0.4 is 5.32 Å². The van der Waals surface area contributed by atoms with E-state index < -0.39 is 0 Å². The maximum absolute atomic E-state index is 13.1. The lowest BCUT2D eigenvalue weighted by Gasteiger charge is -2.04. The number of carbonyl (C=O) groups excluding carboxylic acids is 1. The van der Waals surface area contributed by atoms with Crippen LogP contribution in [0.3, 0.4) is 0 Å². The first-order valence-electron chi connectivity index (χ1n) is 5.83. The summed E-state index contributed by atoms with van der Waals surface area (Å²) in [4.78, 5) is 11.7. The molecular formula is C13H15BrFNO. The van der Waals surface area contributed by atoms with E-state index in [9.17, 15) is 9.18 Å². The molecule has 0 spiro atoms. The number of halogens is 2. The lowest BCUT2D eigenvalue weighted by molar-refractivity contribution is -0.118. The summed E-state index contributed by atoms with van der Waals surface area (Å²) in [6.07, 6.45) is 3.28. The monoisotopic (exact) mass is 299 g/mol. The molecule has 92 valence electrons. The molecule has 0 radical (unpaired) electrons. The minimum atomic E-state index is -0.307. The standard InChI is InChI=1S/C13H15BrFNO/c14-10-5-9(6-11(15)8-10)7-13(17)3-4-16-12-1-2-12/h5-6,8,12,16H,1-4,7H2. The van der Waals surface area contributed by atoms with Gasteiger partial charge in [0.15, 0.2) is 0 Å². The van der Waals surface area contributed by atoms with Gasteiger partial charge in [-0.15, -0.1) is 0 Å². The van der Waals surface area contributed by atoms with Crippen LogP contribution in [0.4, 0.5) is 4.39 Å². The predicted molar refractivity (Wildman–Crippen MR) is 68.5 cm³/mol. The molecule has 0 amide bonds. The summed E-state index contributed by atoms with van der Waals surface area (Å²) >= 11 is 3.22. The van der Waals surface area contributed by atoms with Crippen molar-refractivity contribution in [3.63, 3.8) is 0 Å². The zero-order chi connectivity index (χ0) is 12.3. The van der Waals surface area contributed by atoms with Gasteiger partial charge in [-0.3, -0.25) is 4.79 Å². The van der Waals surface area contributed by atoms with Crippen LogP contribution in [0.2, 0.25) is 0 Å². The summed E-state index contributed by atoms with van der Waals surface area (Å²) in [7, 11) is 0. The van der Waals surface area contributed by atoms with Crippen molar-refractivity contribution < 1.29 is 9.18 Å². The first kappa shape index (κ1) is 12.7. The maximum Gasteiger partial charge on any atom is 0.138 e. The second kappa shape index (κ2) is 5.74. The summed E-state index contributed by atoms with van der Waals surface area (Å²) in [5, 5.41) is 3.29. The van der Waals surface area contributed by atoms with Crippen molar-refractivity contribution in [1.82, 2.24) is 5.32 Å². The van der Waals surface area contributed by atoms with Gasteiger partial charge in [0, 0.05) is 29.9 Å². The van der Waals surface area contributed by atoms with Gasteiger partial charge in [0.2, 0.25) is 0 Å². The van der Waals surface area contributed by atoms with Crippen molar-refractivity contribution >= 4 is 21.7 Å². The van der Waals surface area contributed by atoms with Crippen molar-refractivity contribution in [2.75, 3.05) is 6.54 Å². The molecule has 1 fully saturated rings. The molecule has 0 unspecified atom stereocenters. The lowest BCUT2D eigenvalue weighted by Crippen LogP contribution is -2.20. The van der Waals surface area contributed by atoms with Crippen LogP contribution in [0.25, 0.3) is 0 Å². The number of hydrogen-bond acceptors (Lipinski definition) is 2. The molecule has 1 saturated carbocycles. The molecule has 0 bridgehead atoms. The Morgan fingerprint density at radius 2 is 2.18 bits per heavy atom. The van der Waals surface area contributed by atoms with E-state index in [1.165, 1.54) is 25.0 Å². The normalized spacial score (nSPS) is 14.9. The average molecular weight is 300 g/mol. The van der Waals surface area contributed by atoms with Crippen LogP contribution in [-0.2, 0) is 11.2 Å². The number of Topliss-reactive ketones (excluding diaryl/α,β-unsaturated/α-hetero) is 1. The first-order chi connectivity index (χ1) is 8.13. The van der Waals surface area contributed by atoms with Gasteiger partial charge >= 0.3 is 0 Å². The van der Waals surface area contributed by atoms with E-state index in [-0.39, 0.29) is 11.6 Å². The molecule has 1 aromatic carbocycles. The highest BCUT2D eigenvalue weighted by atomic mass is 79.9. The van der Waals surface area contributed by atoms with Gasteiger partial charge in [-0.25, -0.2) is 4.39 Å². The Morgan fingerprint density at radius 3 is 2.82 bits per heavy atom. The third-order valence-corrected chi connectivity index (χ3v) is 3.20. The molecule has 17 heavy (non-hydrogen) atoms. The zero-order valence-corrected chi connectivity index (χ0v) is 11.1. The van der Waals surface area contributed by atoms with Crippen LogP contribution in [0.5, 0.6) is 0 Å². The quantitative estimate of drug-likeness (QED) is 0.875. The molecule has 2 rings (SSSR count). The third kappa shape index (κ3) is 4.56. The van der Waals surface area contributed by atoms with Crippen molar-refractivity contribution in [2.24, 2.45) is 0 Å². The molecule has 0 saturated heterocycles. The number of ketones is 1. The Bertz CT molecular complexity index is 398. The fourth-order valence-electron chi connectivity index (χ4n) is 1.73. The molecule has 4 heteroatoms. The van der Waals surface area contributed by atoms with Crippen LogP contribution in [0.1, 0.15) is 24.8 Å². The molecule has 0 aliphatic heterocycles. The van der Waals surface area contributed by atoms with E-state index in [0.29, 0.717) is 23.4 Å². The smallest absolute Gasteiger partial charge is 0.138 e. The van der Waals surface area contributed by atoms with Crippen LogP contribution >= 0.6 is 15.9 Å². The van der Waals surface area contributed by atoms with E-state index in [1.807, 2.05) is 0 Å². The Balaban J connectivity index is 1.79. The number of rotatable bonds is 6. The minimum Gasteiger partial charge on any atom is -0.314 e. The van der Waals surface area contributed by atoms with Crippen molar-refractivity contribution in [2.45, 2.75) is 31.7 Å². The van der Waals surface area contributed by atoms with Gasteiger partial charge in [0.25, 0.3) is 0 Å². The summed E-state index contributed by atoms with van der Waals surface area (Å²) in [5.74, 6) is -0.158. The highest BCUT2D eigenvalue weighted by molar-refractivity contribution is 9.10. The number of nitrogens with one attached hydrogen (secondary N) is 1. The topological polar surface area (TPSA) is 29.1 Å². The summed E-state index contributed by atoms with van der Waals surface area (Å²) in [5.41, 5.74) is 0.730. The molecule has 0 aromatic heterocycles. The van der Waals surface area contributed by atoms with Gasteiger partial charge in [-0.1, -0.05) is 15.9 Å². The second-order valence-corrected chi connectivity index (χ2v) is 5.39. The Labute approximate surface area is 109 Å². The Hall–Kier alpha value is -0.740. The number of benzene rings is 1. The molecule has 1 N–H and O–H groups in total. The lowest BCUT2D eigenvalue weighted by atomic mass is 10.1. The molecule has 0 heterocycles. The summed E-state index contributed by atoms with van der Waals surface area (Å²) in [6, 6.07) is 5.22. The van der Waals surface area contributed by atoms with Gasteiger partial charge in [0.1, 0.15) is 11.6 Å². The summed E-state index contributed by atoms with van der Waals surface area (Å²) < 4.78 is 13.8. The van der Waals surface area contributed by atoms with Crippen LogP contribution in [-0.4, -0.2) is 18.4 Å². The molecular weight excluding hydrogens is 285 g/mol. The van der Waals surface area contributed by atoms with E-state index in [2.05, 4.69) is 21.2 Å². The predicted octanol–water partition coefficient (Wildman–Crippen LogP) is 2.84. The third-order valence-electron chi connectivity index (χ3n) is 2.74. The van der Waals surface area contributed by atoms with Gasteiger partial charge in [-0.05, 0) is 36.6 Å². The number of hydrogen-bond donors (Lipinski definition) is 1. The van der Waals surface area contributed by atoms with Crippen LogP contribution in [0.15, 0.2) is 22.7 Å². The van der Waals surface area contributed by atoms with E-state index >= 15 is 0 Å². The first-order valence-corrected chi connectivity index (χ1v) is 6.63. The van der Waals surface area contributed by atoms with Gasteiger partial charge in [0.05, 0.1) is 0 Å². The Kier molecular flexibility index (Phi) is 4.29. The Morgan fingerprint density at radius 1 is 1.41 bits per heavy atom. The summed E-state index contributed by atoms with van der Waals surface area (Å²) in [6.45, 7) is 0.736. The van der Waals surface area contributed by atoms with Crippen molar-refractivity contribution in [3.05, 3.63) is 34.1 Å². The highest BCUT2D eigenvalue weighted by Gasteiger charge is 2.20. The van der Waals surface area contributed by atoms with E-state index in [1.54, 1.807) is 6.07 Å². The highest BCUT2D eigenvalue weighted by Crippen LogP contribution is 2.18. The molecule has 1 aliphatic rings. The molecule has 2 nitrogen and oxygen atoms in total. The van der Waals surface area contributed by atoms with Crippen LogP contribution in [0, 0.1) is 5.82 Å². The average Bonchev–Trinajstić information content (AvgIpc) is 2.99. The minimum absolute atomic E-state index is 0.149. The van der Waals surface area contributed by atoms with Crippen molar-refractivity contribution in [3.8, 4) is 0 Å². The number of carbonyl (C=O) groups is 1. The second-order valence-electron chi connectivity index (χ2n) is 4.47. The fraction of sp³-hybridized carbons (Fsp3) is 0.462. The molecule has 1 aromatic rings. The van der Waals surface area contributed by atoms with Gasteiger partial charge < -0.3 is 5.32 Å². The van der Waals surface area contributed by atoms with E-state index in [0.717, 1.165) is 12.1 Å².